The van der Waals surface area contributed by atoms with Gasteiger partial charge in [-0.25, -0.2) is 4.79 Å². The van der Waals surface area contributed by atoms with Crippen molar-refractivity contribution in [3.05, 3.63) is 23.8 Å². The van der Waals surface area contributed by atoms with Crippen molar-refractivity contribution in [1.82, 2.24) is 5.32 Å². The van der Waals surface area contributed by atoms with Crippen molar-refractivity contribution in [2.75, 3.05) is 23.3 Å². The van der Waals surface area contributed by atoms with Crippen LogP contribution in [0.3, 0.4) is 0 Å². The molecule has 2 atom stereocenters. The van der Waals surface area contributed by atoms with Gasteiger partial charge in [0.15, 0.2) is 0 Å². The van der Waals surface area contributed by atoms with Gasteiger partial charge in [-0.1, -0.05) is 12.2 Å². The van der Waals surface area contributed by atoms with E-state index in [1.165, 1.54) is 5.56 Å². The molecule has 0 aromatic heterocycles. The molecule has 0 aliphatic carbocycles. The minimum absolute atomic E-state index is 0.166. The predicted octanol–water partition coefficient (Wildman–Crippen LogP) is 2.31. The molecule has 2 aliphatic rings. The van der Waals surface area contributed by atoms with Gasteiger partial charge < -0.3 is 15.4 Å². The van der Waals surface area contributed by atoms with Crippen LogP contribution in [0.15, 0.2) is 18.2 Å². The molecule has 1 amide bonds. The molecule has 21 heavy (non-hydrogen) atoms. The minimum atomic E-state index is -0.289. The fourth-order valence-electron chi connectivity index (χ4n) is 2.80. The van der Waals surface area contributed by atoms with Gasteiger partial charge in [-0.15, -0.1) is 0 Å². The van der Waals surface area contributed by atoms with Crippen LogP contribution < -0.4 is 15.5 Å². The van der Waals surface area contributed by atoms with Crippen molar-refractivity contribution in [2.45, 2.75) is 32.4 Å². The normalized spacial score (nSPS) is 23.5. The number of amides is 1. The third kappa shape index (κ3) is 2.95. The van der Waals surface area contributed by atoms with Crippen molar-refractivity contribution in [3.63, 3.8) is 0 Å². The molecule has 1 aromatic carbocycles. The third-order valence-corrected chi connectivity index (χ3v) is 3.93. The molecule has 2 aliphatic heterocycles. The number of hydrogen-bond acceptors (Lipinski definition) is 4. The summed E-state index contributed by atoms with van der Waals surface area (Å²) in [5.74, 6) is 0. The highest BCUT2D eigenvalue weighted by Crippen LogP contribution is 2.31. The van der Waals surface area contributed by atoms with Crippen LogP contribution in [0.1, 0.15) is 19.4 Å². The van der Waals surface area contributed by atoms with Gasteiger partial charge in [-0.05, 0) is 44.0 Å². The molecule has 2 N–H and O–H groups in total. The Balaban J connectivity index is 1.71. The number of rotatable bonds is 3. The highest BCUT2D eigenvalue weighted by atomic mass is 32.1. The minimum Gasteiger partial charge on any atom is -0.442 e. The summed E-state index contributed by atoms with van der Waals surface area (Å²) in [5, 5.41) is 6.45. The first-order valence-corrected chi connectivity index (χ1v) is 7.56. The smallest absolute Gasteiger partial charge is 0.414 e. The van der Waals surface area contributed by atoms with Gasteiger partial charge in [0.1, 0.15) is 6.10 Å². The van der Waals surface area contributed by atoms with Crippen LogP contribution in [-0.4, -0.2) is 36.3 Å². The Hall–Kier alpha value is -1.82. The molecular weight excluding hydrogens is 286 g/mol. The Kier molecular flexibility index (Phi) is 3.71. The average molecular weight is 305 g/mol. The highest BCUT2D eigenvalue weighted by molar-refractivity contribution is 7.80. The zero-order valence-corrected chi connectivity index (χ0v) is 13.0. The molecule has 0 unspecified atom stereocenters. The molecule has 0 saturated carbocycles. The second-order valence-corrected chi connectivity index (χ2v) is 6.26. The number of nitrogens with one attached hydrogen (secondary N) is 2. The first kappa shape index (κ1) is 14.1. The molecule has 5 nitrogen and oxygen atoms in total. The third-order valence-electron chi connectivity index (χ3n) is 3.78. The van der Waals surface area contributed by atoms with Crippen LogP contribution in [0, 0.1) is 0 Å². The lowest BCUT2D eigenvalue weighted by atomic mass is 10.1. The van der Waals surface area contributed by atoms with Gasteiger partial charge in [-0.3, -0.25) is 4.90 Å². The SMILES string of the molecule is CC(=S)NC[C@H]1CN(c2ccc3c(c2)C[C@@H](C)N3)C(=O)O1. The van der Waals surface area contributed by atoms with Gasteiger partial charge in [-0.2, -0.15) is 0 Å². The number of hydrogen-bond donors (Lipinski definition) is 2. The quantitative estimate of drug-likeness (QED) is 0.839. The van der Waals surface area contributed by atoms with Crippen LogP contribution in [-0.2, 0) is 11.2 Å². The van der Waals surface area contributed by atoms with Gasteiger partial charge in [0.25, 0.3) is 0 Å². The molecule has 3 rings (SSSR count). The summed E-state index contributed by atoms with van der Waals surface area (Å²) < 4.78 is 5.37. The van der Waals surface area contributed by atoms with Crippen LogP contribution in [0.2, 0.25) is 0 Å². The lowest BCUT2D eigenvalue weighted by Gasteiger charge is -2.14. The second kappa shape index (κ2) is 5.52. The Morgan fingerprint density at radius 1 is 1.57 bits per heavy atom. The number of anilines is 2. The fourth-order valence-corrected chi connectivity index (χ4v) is 2.88. The van der Waals surface area contributed by atoms with Crippen molar-refractivity contribution in [1.29, 1.82) is 0 Å². The first-order valence-electron chi connectivity index (χ1n) is 7.15. The van der Waals surface area contributed by atoms with E-state index in [9.17, 15) is 4.79 Å². The maximum absolute atomic E-state index is 12.0. The summed E-state index contributed by atoms with van der Waals surface area (Å²) in [6.07, 6.45) is 0.532. The lowest BCUT2D eigenvalue weighted by molar-refractivity contribution is 0.143. The van der Waals surface area contributed by atoms with Gasteiger partial charge >= 0.3 is 6.09 Å². The van der Waals surface area contributed by atoms with E-state index >= 15 is 0 Å². The summed E-state index contributed by atoms with van der Waals surface area (Å²) in [4.78, 5) is 14.4. The van der Waals surface area contributed by atoms with Crippen LogP contribution in [0.4, 0.5) is 16.2 Å². The number of carbonyl (C=O) groups excluding carboxylic acids is 1. The van der Waals surface area contributed by atoms with E-state index in [-0.39, 0.29) is 12.2 Å². The average Bonchev–Trinajstić information content (AvgIpc) is 2.97. The predicted molar refractivity (Wildman–Crippen MR) is 87.1 cm³/mol. The number of ether oxygens (including phenoxy) is 1. The standard InChI is InChI=1S/C15H19N3O2S/c1-9-5-11-6-12(3-4-14(11)17-9)18-8-13(20-15(18)19)7-16-10(2)21/h3-4,6,9,13,17H,5,7-8H2,1-2H3,(H,16,21)/t9-,13+/m1/s1. The summed E-state index contributed by atoms with van der Waals surface area (Å²) in [6, 6.07) is 6.52. The van der Waals surface area contributed by atoms with Crippen molar-refractivity contribution in [2.24, 2.45) is 0 Å². The molecule has 112 valence electrons. The van der Waals surface area contributed by atoms with Gasteiger partial charge in [0.2, 0.25) is 0 Å². The zero-order chi connectivity index (χ0) is 15.0. The number of thiocarbonyl (C=S) groups is 1. The Morgan fingerprint density at radius 2 is 2.38 bits per heavy atom. The molecule has 1 saturated heterocycles. The Morgan fingerprint density at radius 3 is 3.14 bits per heavy atom. The molecule has 2 heterocycles. The number of benzene rings is 1. The first-order chi connectivity index (χ1) is 10.0. The van der Waals surface area contributed by atoms with Crippen LogP contribution in [0.25, 0.3) is 0 Å². The molecule has 0 radical (unpaired) electrons. The Bertz CT molecular complexity index is 590. The van der Waals surface area contributed by atoms with Crippen molar-refractivity contribution >= 4 is 34.7 Å². The fraction of sp³-hybridized carbons (Fsp3) is 0.467. The molecule has 0 bridgehead atoms. The summed E-state index contributed by atoms with van der Waals surface area (Å²) >= 11 is 4.98. The zero-order valence-electron chi connectivity index (χ0n) is 12.2. The maximum atomic E-state index is 12.0. The summed E-state index contributed by atoms with van der Waals surface area (Å²) in [6.45, 7) is 5.08. The highest BCUT2D eigenvalue weighted by Gasteiger charge is 2.32. The number of fused-ring (bicyclic) bond motifs is 1. The molecule has 0 spiro atoms. The van der Waals surface area contributed by atoms with E-state index in [0.717, 1.165) is 17.8 Å². The van der Waals surface area contributed by atoms with Crippen molar-refractivity contribution in [3.8, 4) is 0 Å². The van der Waals surface area contributed by atoms with Crippen molar-refractivity contribution < 1.29 is 9.53 Å². The molecule has 1 fully saturated rings. The molecular formula is C15H19N3O2S. The molecule has 1 aromatic rings. The Labute approximate surface area is 129 Å². The second-order valence-electron chi connectivity index (χ2n) is 5.64. The lowest BCUT2D eigenvalue weighted by Crippen LogP contribution is -2.32. The van der Waals surface area contributed by atoms with Gasteiger partial charge in [0, 0.05) is 17.4 Å². The number of cyclic esters (lactones) is 1. The van der Waals surface area contributed by atoms with E-state index in [1.54, 1.807) is 4.90 Å². The van der Waals surface area contributed by atoms with E-state index in [2.05, 4.69) is 23.6 Å². The van der Waals surface area contributed by atoms with E-state index in [0.29, 0.717) is 24.1 Å². The van der Waals surface area contributed by atoms with Crippen LogP contribution >= 0.6 is 12.2 Å². The van der Waals surface area contributed by atoms with Gasteiger partial charge in [0.05, 0.1) is 18.1 Å². The number of nitrogens with zero attached hydrogens (tertiary/aromatic N) is 1. The summed E-state index contributed by atoms with van der Waals surface area (Å²) in [5.41, 5.74) is 3.31. The topological polar surface area (TPSA) is 53.6 Å². The monoisotopic (exact) mass is 305 g/mol. The van der Waals surface area contributed by atoms with E-state index in [1.807, 2.05) is 19.1 Å². The van der Waals surface area contributed by atoms with Crippen LogP contribution in [0.5, 0.6) is 0 Å². The number of carbonyl (C=O) groups is 1. The molecule has 6 heteroatoms. The largest absolute Gasteiger partial charge is 0.442 e. The summed E-state index contributed by atoms with van der Waals surface area (Å²) in [7, 11) is 0. The van der Waals surface area contributed by atoms with E-state index in [4.69, 9.17) is 17.0 Å². The maximum Gasteiger partial charge on any atom is 0.414 e. The van der Waals surface area contributed by atoms with E-state index < -0.39 is 0 Å².